The second-order valence-corrected chi connectivity index (χ2v) is 5.86. The molecule has 0 aliphatic carbocycles. The molecule has 0 unspecified atom stereocenters. The highest BCUT2D eigenvalue weighted by molar-refractivity contribution is 6.43. The Balaban J connectivity index is 0.00000117. The molecule has 0 bridgehead atoms. The Morgan fingerprint density at radius 1 is 1.19 bits per heavy atom. The SMILES string of the molecule is C#C.C/C=C(Cl)\C(Cl)=C/CNc1c(-c2ccccc2)nc2cnccn12. The molecule has 2 heterocycles. The predicted molar refractivity (Wildman–Crippen MR) is 110 cm³/mol. The van der Waals surface area contributed by atoms with Gasteiger partial charge in [0.05, 0.1) is 16.3 Å². The fourth-order valence-electron chi connectivity index (χ4n) is 2.35. The molecule has 0 aliphatic heterocycles. The maximum atomic E-state index is 6.14. The molecule has 2 aromatic heterocycles. The third-order valence-corrected chi connectivity index (χ3v) is 4.39. The Morgan fingerprint density at radius 2 is 1.92 bits per heavy atom. The van der Waals surface area contributed by atoms with Crippen LogP contribution in [0.25, 0.3) is 16.9 Å². The summed E-state index contributed by atoms with van der Waals surface area (Å²) in [7, 11) is 0. The van der Waals surface area contributed by atoms with Crippen molar-refractivity contribution in [1.82, 2.24) is 14.4 Å². The summed E-state index contributed by atoms with van der Waals surface area (Å²) in [5.41, 5.74) is 2.68. The van der Waals surface area contributed by atoms with E-state index in [0.29, 0.717) is 16.6 Å². The molecule has 6 heteroatoms. The number of halogens is 2. The van der Waals surface area contributed by atoms with Gasteiger partial charge in [0.1, 0.15) is 11.5 Å². The number of imidazole rings is 1. The van der Waals surface area contributed by atoms with E-state index in [2.05, 4.69) is 28.1 Å². The van der Waals surface area contributed by atoms with Gasteiger partial charge in [0.2, 0.25) is 0 Å². The van der Waals surface area contributed by atoms with Crippen LogP contribution in [0.15, 0.2) is 71.1 Å². The average Bonchev–Trinajstić information content (AvgIpc) is 3.08. The summed E-state index contributed by atoms with van der Waals surface area (Å²) in [6, 6.07) is 10.0. The minimum absolute atomic E-state index is 0.517. The molecule has 132 valence electrons. The number of rotatable bonds is 5. The Hall–Kier alpha value is -2.74. The van der Waals surface area contributed by atoms with Crippen LogP contribution >= 0.6 is 23.2 Å². The number of benzene rings is 1. The Kier molecular flexibility index (Phi) is 7.28. The van der Waals surface area contributed by atoms with Crippen molar-refractivity contribution in [3.63, 3.8) is 0 Å². The quantitative estimate of drug-likeness (QED) is 0.477. The molecule has 0 atom stereocenters. The lowest BCUT2D eigenvalue weighted by molar-refractivity contribution is 1.11. The number of aromatic nitrogens is 3. The lowest BCUT2D eigenvalue weighted by atomic mass is 10.1. The second kappa shape index (κ2) is 9.67. The van der Waals surface area contributed by atoms with Crippen molar-refractivity contribution in [2.45, 2.75) is 6.92 Å². The number of nitrogens with one attached hydrogen (secondary N) is 1. The van der Waals surface area contributed by atoms with E-state index in [1.54, 1.807) is 18.5 Å². The fourth-order valence-corrected chi connectivity index (χ4v) is 2.61. The smallest absolute Gasteiger partial charge is 0.157 e. The lowest BCUT2D eigenvalue weighted by Gasteiger charge is -2.07. The zero-order chi connectivity index (χ0) is 18.9. The summed E-state index contributed by atoms with van der Waals surface area (Å²) in [5, 5.41) is 4.42. The van der Waals surface area contributed by atoms with Crippen molar-refractivity contribution in [3.8, 4) is 24.1 Å². The summed E-state index contributed by atoms with van der Waals surface area (Å²) in [4.78, 5) is 8.81. The van der Waals surface area contributed by atoms with Crippen LogP contribution in [0.3, 0.4) is 0 Å². The van der Waals surface area contributed by atoms with Gasteiger partial charge in [-0.25, -0.2) is 4.98 Å². The number of terminal acetylenes is 1. The highest BCUT2D eigenvalue weighted by Crippen LogP contribution is 2.28. The first-order chi connectivity index (χ1) is 12.7. The van der Waals surface area contributed by atoms with Crippen molar-refractivity contribution in [1.29, 1.82) is 0 Å². The van der Waals surface area contributed by atoms with E-state index >= 15 is 0 Å². The topological polar surface area (TPSA) is 42.2 Å². The van der Waals surface area contributed by atoms with Crippen molar-refractivity contribution in [2.24, 2.45) is 0 Å². The molecule has 26 heavy (non-hydrogen) atoms. The molecule has 1 aromatic carbocycles. The highest BCUT2D eigenvalue weighted by Gasteiger charge is 2.13. The normalized spacial score (nSPS) is 11.7. The Morgan fingerprint density at radius 3 is 2.62 bits per heavy atom. The third kappa shape index (κ3) is 4.45. The van der Waals surface area contributed by atoms with Crippen LogP contribution in [0.4, 0.5) is 5.82 Å². The van der Waals surface area contributed by atoms with Gasteiger partial charge in [0.25, 0.3) is 0 Å². The van der Waals surface area contributed by atoms with Crippen LogP contribution in [0, 0.1) is 12.8 Å². The van der Waals surface area contributed by atoms with E-state index in [4.69, 9.17) is 23.2 Å². The number of anilines is 1. The number of nitrogens with zero attached hydrogens (tertiary/aromatic N) is 3. The highest BCUT2D eigenvalue weighted by atomic mass is 35.5. The van der Waals surface area contributed by atoms with Gasteiger partial charge >= 0.3 is 0 Å². The maximum absolute atomic E-state index is 6.14. The van der Waals surface area contributed by atoms with E-state index in [-0.39, 0.29) is 0 Å². The molecule has 0 spiro atoms. The number of hydrogen-bond donors (Lipinski definition) is 1. The van der Waals surface area contributed by atoms with Gasteiger partial charge in [-0.3, -0.25) is 9.38 Å². The van der Waals surface area contributed by atoms with E-state index in [1.807, 2.05) is 53.9 Å². The van der Waals surface area contributed by atoms with Crippen molar-refractivity contribution in [2.75, 3.05) is 11.9 Å². The summed E-state index contributed by atoms with van der Waals surface area (Å²) in [6.45, 7) is 2.37. The second-order valence-electron chi connectivity index (χ2n) is 5.05. The molecule has 0 saturated heterocycles. The van der Waals surface area contributed by atoms with Crippen molar-refractivity contribution in [3.05, 3.63) is 71.1 Å². The van der Waals surface area contributed by atoms with Crippen molar-refractivity contribution >= 4 is 34.7 Å². The first-order valence-corrected chi connectivity index (χ1v) is 8.59. The maximum Gasteiger partial charge on any atom is 0.157 e. The summed E-state index contributed by atoms with van der Waals surface area (Å²) >= 11 is 12.1. The molecular weight excluding hydrogens is 367 g/mol. The van der Waals surface area contributed by atoms with Crippen LogP contribution in [-0.2, 0) is 0 Å². The van der Waals surface area contributed by atoms with E-state index in [9.17, 15) is 0 Å². The minimum atomic E-state index is 0.517. The van der Waals surface area contributed by atoms with Gasteiger partial charge in [-0.15, -0.1) is 12.8 Å². The molecule has 3 rings (SSSR count). The van der Waals surface area contributed by atoms with Gasteiger partial charge in [-0.1, -0.05) is 59.6 Å². The molecule has 0 amide bonds. The minimum Gasteiger partial charge on any atom is -0.366 e. The van der Waals surface area contributed by atoms with E-state index in [0.717, 1.165) is 22.7 Å². The molecule has 3 aromatic rings. The molecule has 0 radical (unpaired) electrons. The van der Waals surface area contributed by atoms with Gasteiger partial charge in [-0.05, 0) is 13.0 Å². The van der Waals surface area contributed by atoms with Crippen LogP contribution < -0.4 is 5.32 Å². The summed E-state index contributed by atoms with van der Waals surface area (Å²) in [6.07, 6.45) is 16.9. The van der Waals surface area contributed by atoms with Gasteiger partial charge in [0.15, 0.2) is 5.65 Å². The molecule has 0 saturated carbocycles. The molecule has 0 aliphatic rings. The monoisotopic (exact) mass is 384 g/mol. The zero-order valence-corrected chi connectivity index (χ0v) is 15.7. The van der Waals surface area contributed by atoms with Crippen LogP contribution in [0.5, 0.6) is 0 Å². The number of fused-ring (bicyclic) bond motifs is 1. The van der Waals surface area contributed by atoms with E-state index in [1.165, 1.54) is 0 Å². The van der Waals surface area contributed by atoms with Crippen molar-refractivity contribution < 1.29 is 0 Å². The number of hydrogen-bond acceptors (Lipinski definition) is 3. The largest absolute Gasteiger partial charge is 0.366 e. The first kappa shape index (κ1) is 19.6. The predicted octanol–water partition coefficient (Wildman–Crippen LogP) is 5.32. The first-order valence-electron chi connectivity index (χ1n) is 7.83. The van der Waals surface area contributed by atoms with Crippen LogP contribution in [0.2, 0.25) is 0 Å². The summed E-state index contributed by atoms with van der Waals surface area (Å²) < 4.78 is 1.97. The van der Waals surface area contributed by atoms with Gasteiger partial charge in [-0.2, -0.15) is 0 Å². The molecule has 1 N–H and O–H groups in total. The fraction of sp³-hybridized carbons (Fsp3) is 0.100. The Labute approximate surface area is 163 Å². The molecule has 4 nitrogen and oxygen atoms in total. The molecular formula is C20H18Cl2N4. The van der Waals surface area contributed by atoms with Crippen LogP contribution in [0.1, 0.15) is 6.92 Å². The van der Waals surface area contributed by atoms with Crippen LogP contribution in [-0.4, -0.2) is 20.9 Å². The van der Waals surface area contributed by atoms with E-state index < -0.39 is 0 Å². The van der Waals surface area contributed by atoms with Gasteiger partial charge < -0.3 is 5.32 Å². The molecule has 0 fully saturated rings. The summed E-state index contributed by atoms with van der Waals surface area (Å²) in [5.74, 6) is 0.885. The number of allylic oxidation sites excluding steroid dienone is 3. The lowest BCUT2D eigenvalue weighted by Crippen LogP contribution is -2.03. The van der Waals surface area contributed by atoms with Gasteiger partial charge in [0, 0.05) is 24.5 Å². The average molecular weight is 385 g/mol. The zero-order valence-electron chi connectivity index (χ0n) is 14.2. The Bertz CT molecular complexity index is 940. The standard InChI is InChI=1S/C18H16Cl2N4.C2H2/c1-2-14(19)15(20)8-9-22-18-17(13-6-4-3-5-7-13)23-16-12-21-10-11-24(16)18;1-2/h2-8,10-12,22H,9H2,1H3;1-2H/b14-2+,15-8+;. The third-order valence-electron chi connectivity index (χ3n) is 3.51.